The van der Waals surface area contributed by atoms with E-state index in [0.29, 0.717) is 0 Å². The number of halogens is 2. The zero-order valence-corrected chi connectivity index (χ0v) is 11.8. The molecule has 0 aliphatic rings. The lowest BCUT2D eigenvalue weighted by Crippen LogP contribution is -2.18. The van der Waals surface area contributed by atoms with Gasteiger partial charge < -0.3 is 5.11 Å². The highest BCUT2D eigenvalue weighted by Gasteiger charge is 2.34. The number of hydrogen-bond donors (Lipinski definition) is 1. The molecule has 2 rings (SSSR count). The van der Waals surface area contributed by atoms with E-state index < -0.39 is 35.4 Å². The van der Waals surface area contributed by atoms with E-state index in [4.69, 9.17) is 5.11 Å². The summed E-state index contributed by atoms with van der Waals surface area (Å²) in [6.45, 7) is 0. The molecule has 6 heteroatoms. The first-order chi connectivity index (χ1) is 10.8. The van der Waals surface area contributed by atoms with Gasteiger partial charge in [0.1, 0.15) is 0 Å². The van der Waals surface area contributed by atoms with E-state index in [1.165, 1.54) is 42.5 Å². The van der Waals surface area contributed by atoms with Crippen molar-refractivity contribution in [2.75, 3.05) is 0 Å². The second kappa shape index (κ2) is 6.48. The molecule has 2 aromatic carbocycles. The van der Waals surface area contributed by atoms with Crippen molar-refractivity contribution in [3.8, 4) is 0 Å². The van der Waals surface area contributed by atoms with E-state index in [0.717, 1.165) is 6.07 Å². The standard InChI is InChI=1S/C17H12F2O4/c18-17(19,12-6-2-1-3-7-12)13-8-4-5-11(9-13)14(20)10-15(21)16(22)23/h1-9H,10H2,(H,22,23). The van der Waals surface area contributed by atoms with Gasteiger partial charge >= 0.3 is 5.97 Å². The van der Waals surface area contributed by atoms with E-state index in [1.54, 1.807) is 6.07 Å². The first kappa shape index (κ1) is 16.5. The summed E-state index contributed by atoms with van der Waals surface area (Å²) < 4.78 is 28.9. The highest BCUT2D eigenvalue weighted by Crippen LogP contribution is 2.35. The van der Waals surface area contributed by atoms with Crippen molar-refractivity contribution in [1.29, 1.82) is 0 Å². The summed E-state index contributed by atoms with van der Waals surface area (Å²) in [5.74, 6) is -7.14. The molecule has 2 aromatic rings. The number of rotatable bonds is 6. The third-order valence-corrected chi connectivity index (χ3v) is 3.24. The van der Waals surface area contributed by atoms with Gasteiger partial charge in [-0.1, -0.05) is 48.5 Å². The monoisotopic (exact) mass is 318 g/mol. The number of Topliss-reactive ketones (excluding diaryl/α,β-unsaturated/α-hetero) is 2. The molecule has 0 bridgehead atoms. The smallest absolute Gasteiger partial charge is 0.372 e. The van der Waals surface area contributed by atoms with E-state index >= 15 is 0 Å². The number of aliphatic carboxylic acids is 1. The van der Waals surface area contributed by atoms with Crippen LogP contribution in [-0.2, 0) is 15.5 Å². The molecule has 0 fully saturated rings. The highest BCUT2D eigenvalue weighted by atomic mass is 19.3. The molecule has 0 saturated heterocycles. The lowest BCUT2D eigenvalue weighted by Gasteiger charge is -2.17. The molecule has 0 amide bonds. The molecule has 0 atom stereocenters. The molecular formula is C17H12F2O4. The summed E-state index contributed by atoms with van der Waals surface area (Å²) in [4.78, 5) is 33.4. The average Bonchev–Trinajstić information content (AvgIpc) is 2.55. The molecule has 0 aliphatic heterocycles. The van der Waals surface area contributed by atoms with Crippen molar-refractivity contribution in [3.63, 3.8) is 0 Å². The molecular weight excluding hydrogens is 306 g/mol. The van der Waals surface area contributed by atoms with Crippen LogP contribution in [0.2, 0.25) is 0 Å². The van der Waals surface area contributed by atoms with E-state index in [2.05, 4.69) is 0 Å². The van der Waals surface area contributed by atoms with Crippen molar-refractivity contribution < 1.29 is 28.3 Å². The Labute approximate surface area is 130 Å². The molecule has 0 saturated carbocycles. The molecule has 0 heterocycles. The Morgan fingerprint density at radius 1 is 0.913 bits per heavy atom. The topological polar surface area (TPSA) is 71.4 Å². The molecule has 0 unspecified atom stereocenters. The number of ketones is 2. The van der Waals surface area contributed by atoms with Crippen LogP contribution in [0, 0.1) is 0 Å². The fraction of sp³-hybridized carbons (Fsp3) is 0.118. The third-order valence-electron chi connectivity index (χ3n) is 3.24. The van der Waals surface area contributed by atoms with Crippen LogP contribution in [0.4, 0.5) is 8.78 Å². The molecule has 1 N–H and O–H groups in total. The van der Waals surface area contributed by atoms with Gasteiger partial charge in [-0.05, 0) is 6.07 Å². The fourth-order valence-electron chi connectivity index (χ4n) is 2.03. The number of alkyl halides is 2. The number of carbonyl (C=O) groups excluding carboxylic acids is 2. The number of carbonyl (C=O) groups is 3. The van der Waals surface area contributed by atoms with Crippen LogP contribution in [-0.4, -0.2) is 22.6 Å². The Morgan fingerprint density at radius 2 is 1.52 bits per heavy atom. The van der Waals surface area contributed by atoms with Crippen LogP contribution < -0.4 is 0 Å². The number of carboxylic acid groups (broad SMARTS) is 1. The van der Waals surface area contributed by atoms with Crippen molar-refractivity contribution in [2.24, 2.45) is 0 Å². The van der Waals surface area contributed by atoms with Gasteiger partial charge in [0, 0.05) is 16.7 Å². The number of benzene rings is 2. The second-order valence-electron chi connectivity index (χ2n) is 4.85. The number of hydrogen-bond acceptors (Lipinski definition) is 3. The average molecular weight is 318 g/mol. The van der Waals surface area contributed by atoms with Crippen LogP contribution in [0.1, 0.15) is 27.9 Å². The zero-order valence-electron chi connectivity index (χ0n) is 11.8. The van der Waals surface area contributed by atoms with E-state index in [-0.39, 0.29) is 11.1 Å². The Morgan fingerprint density at radius 3 is 2.13 bits per heavy atom. The second-order valence-corrected chi connectivity index (χ2v) is 4.85. The Bertz CT molecular complexity index is 754. The minimum absolute atomic E-state index is 0.132. The van der Waals surface area contributed by atoms with Crippen LogP contribution in [0.25, 0.3) is 0 Å². The fourth-order valence-corrected chi connectivity index (χ4v) is 2.03. The molecule has 0 aliphatic carbocycles. The first-order valence-corrected chi connectivity index (χ1v) is 6.65. The Hall–Kier alpha value is -2.89. The van der Waals surface area contributed by atoms with Gasteiger partial charge in [0.15, 0.2) is 5.78 Å². The minimum atomic E-state index is -3.31. The quantitative estimate of drug-likeness (QED) is 0.505. The van der Waals surface area contributed by atoms with Gasteiger partial charge in [-0.2, -0.15) is 8.78 Å². The van der Waals surface area contributed by atoms with Gasteiger partial charge in [-0.15, -0.1) is 0 Å². The molecule has 4 nitrogen and oxygen atoms in total. The summed E-state index contributed by atoms with van der Waals surface area (Å²) in [7, 11) is 0. The number of carboxylic acids is 1. The largest absolute Gasteiger partial charge is 0.475 e. The highest BCUT2D eigenvalue weighted by molar-refractivity contribution is 6.37. The van der Waals surface area contributed by atoms with Gasteiger partial charge in [0.25, 0.3) is 5.92 Å². The Kier molecular flexibility index (Phi) is 4.64. The van der Waals surface area contributed by atoms with Crippen molar-refractivity contribution in [2.45, 2.75) is 12.3 Å². The van der Waals surface area contributed by atoms with Crippen LogP contribution in [0.15, 0.2) is 54.6 Å². The van der Waals surface area contributed by atoms with E-state index in [1.807, 2.05) is 0 Å². The van der Waals surface area contributed by atoms with Crippen molar-refractivity contribution in [1.82, 2.24) is 0 Å². The predicted octanol–water partition coefficient (Wildman–Crippen LogP) is 3.05. The maximum absolute atomic E-state index is 14.5. The molecule has 0 aromatic heterocycles. The summed E-state index contributed by atoms with van der Waals surface area (Å²) in [6, 6.07) is 11.8. The molecule has 0 spiro atoms. The van der Waals surface area contributed by atoms with E-state index in [9.17, 15) is 23.2 Å². The third kappa shape index (κ3) is 3.66. The van der Waals surface area contributed by atoms with Crippen molar-refractivity contribution >= 4 is 17.5 Å². The van der Waals surface area contributed by atoms with Crippen LogP contribution in [0.5, 0.6) is 0 Å². The maximum Gasteiger partial charge on any atom is 0.372 e. The van der Waals surface area contributed by atoms with Crippen molar-refractivity contribution in [3.05, 3.63) is 71.3 Å². The maximum atomic E-state index is 14.5. The molecule has 118 valence electrons. The minimum Gasteiger partial charge on any atom is -0.475 e. The lowest BCUT2D eigenvalue weighted by atomic mass is 9.96. The summed E-state index contributed by atoms with van der Waals surface area (Å²) in [5, 5.41) is 8.49. The van der Waals surface area contributed by atoms with Gasteiger partial charge in [-0.25, -0.2) is 4.79 Å². The normalized spacial score (nSPS) is 11.0. The molecule has 0 radical (unpaired) electrons. The molecule has 23 heavy (non-hydrogen) atoms. The van der Waals surface area contributed by atoms with Gasteiger partial charge in [-0.3, -0.25) is 9.59 Å². The van der Waals surface area contributed by atoms with Gasteiger partial charge in [0.05, 0.1) is 6.42 Å². The predicted molar refractivity (Wildman–Crippen MR) is 77.5 cm³/mol. The summed E-state index contributed by atoms with van der Waals surface area (Å²) in [5.41, 5.74) is -0.767. The SMILES string of the molecule is O=C(O)C(=O)CC(=O)c1cccc(C(F)(F)c2ccccc2)c1. The lowest BCUT2D eigenvalue weighted by molar-refractivity contribution is -0.148. The first-order valence-electron chi connectivity index (χ1n) is 6.65. The summed E-state index contributed by atoms with van der Waals surface area (Å²) >= 11 is 0. The Balaban J connectivity index is 2.31. The van der Waals surface area contributed by atoms with Gasteiger partial charge in [0.2, 0.25) is 5.78 Å². The zero-order chi connectivity index (χ0) is 17.0. The summed E-state index contributed by atoms with van der Waals surface area (Å²) in [6.07, 6.45) is -0.865. The van der Waals surface area contributed by atoms with Crippen LogP contribution >= 0.6 is 0 Å². The van der Waals surface area contributed by atoms with Crippen LogP contribution in [0.3, 0.4) is 0 Å².